The second-order valence-electron chi connectivity index (χ2n) is 4.19. The third kappa shape index (κ3) is 6.41. The first kappa shape index (κ1) is 15.0. The number of rotatable bonds is 3. The van der Waals surface area contributed by atoms with Gasteiger partial charge < -0.3 is 9.84 Å². The van der Waals surface area contributed by atoms with E-state index in [-0.39, 0.29) is 0 Å². The van der Waals surface area contributed by atoms with Gasteiger partial charge in [-0.05, 0) is 36.6 Å². The van der Waals surface area contributed by atoms with Crippen molar-refractivity contribution in [3.63, 3.8) is 0 Å². The van der Waals surface area contributed by atoms with Crippen molar-refractivity contribution in [1.29, 1.82) is 0 Å². The van der Waals surface area contributed by atoms with Crippen LogP contribution in [0, 0.1) is 0 Å². The van der Waals surface area contributed by atoms with Crippen molar-refractivity contribution in [3.05, 3.63) is 35.9 Å². The van der Waals surface area contributed by atoms with Gasteiger partial charge in [0, 0.05) is 18.9 Å². The summed E-state index contributed by atoms with van der Waals surface area (Å²) in [5.74, 6) is 0.262. The van der Waals surface area contributed by atoms with Gasteiger partial charge in [0.25, 0.3) is 0 Å². The van der Waals surface area contributed by atoms with E-state index in [0.717, 1.165) is 43.1 Å². The van der Waals surface area contributed by atoms with Gasteiger partial charge in [-0.25, -0.2) is 4.79 Å². The van der Waals surface area contributed by atoms with Gasteiger partial charge in [-0.3, -0.25) is 4.79 Å². The van der Waals surface area contributed by atoms with E-state index in [1.165, 1.54) is 6.08 Å². The fourth-order valence-electron chi connectivity index (χ4n) is 1.65. The number of methoxy groups -OCH3 is 1. The highest BCUT2D eigenvalue weighted by Gasteiger charge is 2.07. The van der Waals surface area contributed by atoms with Crippen molar-refractivity contribution in [2.24, 2.45) is 0 Å². The molecule has 0 heterocycles. The van der Waals surface area contributed by atoms with Crippen molar-refractivity contribution < 1.29 is 19.4 Å². The van der Waals surface area contributed by atoms with Crippen LogP contribution in [-0.2, 0) is 9.59 Å². The van der Waals surface area contributed by atoms with Crippen LogP contribution >= 0.6 is 0 Å². The number of Topliss-reactive ketones (excluding diaryl/α,β-unsaturated/α-hetero) is 1. The molecule has 4 nitrogen and oxygen atoms in total. The molecule has 0 aliphatic heterocycles. The van der Waals surface area contributed by atoms with Crippen LogP contribution in [0.4, 0.5) is 0 Å². The third-order valence-corrected chi connectivity index (χ3v) is 2.70. The molecular formula is C15H18O4. The number of ether oxygens (including phenoxy) is 1. The molecule has 19 heavy (non-hydrogen) atoms. The summed E-state index contributed by atoms with van der Waals surface area (Å²) in [6.07, 6.45) is 6.60. The highest BCUT2D eigenvalue weighted by Crippen LogP contribution is 2.12. The van der Waals surface area contributed by atoms with E-state index < -0.39 is 5.97 Å². The second-order valence-corrected chi connectivity index (χ2v) is 4.19. The van der Waals surface area contributed by atoms with Crippen molar-refractivity contribution >= 4 is 17.8 Å². The van der Waals surface area contributed by atoms with Gasteiger partial charge in [0.2, 0.25) is 0 Å². The Morgan fingerprint density at radius 2 is 1.79 bits per heavy atom. The SMILES string of the molecule is COc1ccc(C=CC(=O)O)cc1.O=C1CCCC1. The quantitative estimate of drug-likeness (QED) is 0.851. The first-order valence-corrected chi connectivity index (χ1v) is 6.18. The number of carbonyl (C=O) groups is 2. The maximum absolute atomic E-state index is 10.2. The standard InChI is InChI=1S/C10H10O3.C5H8O/c1-13-9-5-2-8(3-6-9)4-7-10(11)12;6-5-3-1-2-4-5/h2-7H,1H3,(H,11,12);1-4H2. The maximum Gasteiger partial charge on any atom is 0.328 e. The molecule has 1 aliphatic carbocycles. The third-order valence-electron chi connectivity index (χ3n) is 2.70. The molecule has 0 spiro atoms. The smallest absolute Gasteiger partial charge is 0.328 e. The van der Waals surface area contributed by atoms with Gasteiger partial charge in [-0.15, -0.1) is 0 Å². The molecule has 0 bridgehead atoms. The van der Waals surface area contributed by atoms with Crippen LogP contribution in [0.5, 0.6) is 5.75 Å². The molecule has 0 unspecified atom stereocenters. The predicted molar refractivity (Wildman–Crippen MR) is 73.1 cm³/mol. The van der Waals surface area contributed by atoms with Gasteiger partial charge in [0.15, 0.2) is 0 Å². The van der Waals surface area contributed by atoms with Gasteiger partial charge in [0.05, 0.1) is 7.11 Å². The lowest BCUT2D eigenvalue weighted by Gasteiger charge is -1.98. The fourth-order valence-corrected chi connectivity index (χ4v) is 1.65. The Balaban J connectivity index is 0.000000250. The van der Waals surface area contributed by atoms with Crippen LogP contribution in [0.15, 0.2) is 30.3 Å². The minimum atomic E-state index is -0.948. The Morgan fingerprint density at radius 1 is 1.21 bits per heavy atom. The molecule has 1 saturated carbocycles. The number of carbonyl (C=O) groups excluding carboxylic acids is 1. The zero-order chi connectivity index (χ0) is 14.1. The molecule has 0 radical (unpaired) electrons. The van der Waals surface area contributed by atoms with Crippen LogP contribution in [0.25, 0.3) is 6.08 Å². The van der Waals surface area contributed by atoms with Gasteiger partial charge >= 0.3 is 5.97 Å². The molecule has 102 valence electrons. The fraction of sp³-hybridized carbons (Fsp3) is 0.333. The molecular weight excluding hydrogens is 244 g/mol. The normalized spacial score (nSPS) is 14.1. The highest BCUT2D eigenvalue weighted by atomic mass is 16.5. The summed E-state index contributed by atoms with van der Waals surface area (Å²) < 4.78 is 4.95. The number of hydrogen-bond donors (Lipinski definition) is 1. The molecule has 1 aromatic carbocycles. The van der Waals surface area contributed by atoms with Crippen LogP contribution in [0.1, 0.15) is 31.2 Å². The topological polar surface area (TPSA) is 63.6 Å². The van der Waals surface area contributed by atoms with E-state index in [4.69, 9.17) is 9.84 Å². The minimum Gasteiger partial charge on any atom is -0.497 e. The van der Waals surface area contributed by atoms with Gasteiger partial charge in [0.1, 0.15) is 11.5 Å². The van der Waals surface area contributed by atoms with E-state index in [1.54, 1.807) is 31.4 Å². The summed E-state index contributed by atoms with van der Waals surface area (Å²) >= 11 is 0. The molecule has 0 atom stereocenters. The predicted octanol–water partition coefficient (Wildman–Crippen LogP) is 2.92. The lowest BCUT2D eigenvalue weighted by Crippen LogP contribution is -1.86. The minimum absolute atomic E-state index is 0.454. The summed E-state index contributed by atoms with van der Waals surface area (Å²) in [5.41, 5.74) is 0.836. The van der Waals surface area contributed by atoms with Gasteiger partial charge in [-0.2, -0.15) is 0 Å². The van der Waals surface area contributed by atoms with Crippen LogP contribution < -0.4 is 4.74 Å². The number of ketones is 1. The molecule has 1 aliphatic rings. The molecule has 1 fully saturated rings. The van der Waals surface area contributed by atoms with Crippen molar-refractivity contribution in [3.8, 4) is 5.75 Å². The van der Waals surface area contributed by atoms with E-state index in [9.17, 15) is 9.59 Å². The van der Waals surface area contributed by atoms with E-state index in [2.05, 4.69) is 0 Å². The Labute approximate surface area is 112 Å². The first-order chi connectivity index (χ1) is 9.11. The molecule has 1 N–H and O–H groups in total. The van der Waals surface area contributed by atoms with Crippen molar-refractivity contribution in [1.82, 2.24) is 0 Å². The number of benzene rings is 1. The summed E-state index contributed by atoms with van der Waals surface area (Å²) in [7, 11) is 1.59. The summed E-state index contributed by atoms with van der Waals surface area (Å²) in [6.45, 7) is 0. The van der Waals surface area contributed by atoms with E-state index in [0.29, 0.717) is 5.78 Å². The molecule has 2 rings (SSSR count). The summed E-state index contributed by atoms with van der Waals surface area (Å²) in [4.78, 5) is 20.4. The Hall–Kier alpha value is -2.10. The van der Waals surface area contributed by atoms with Crippen molar-refractivity contribution in [2.45, 2.75) is 25.7 Å². The average Bonchev–Trinajstić information content (AvgIpc) is 2.89. The molecule has 0 aromatic heterocycles. The van der Waals surface area contributed by atoms with Crippen molar-refractivity contribution in [2.75, 3.05) is 7.11 Å². The zero-order valence-corrected chi connectivity index (χ0v) is 11.0. The first-order valence-electron chi connectivity index (χ1n) is 6.18. The van der Waals surface area contributed by atoms with Gasteiger partial charge in [-0.1, -0.05) is 12.1 Å². The second kappa shape index (κ2) is 8.08. The summed E-state index contributed by atoms with van der Waals surface area (Å²) in [6, 6.07) is 7.14. The van der Waals surface area contributed by atoms with E-state index >= 15 is 0 Å². The number of hydrogen-bond acceptors (Lipinski definition) is 3. The largest absolute Gasteiger partial charge is 0.497 e. The number of carboxylic acid groups (broad SMARTS) is 1. The summed E-state index contributed by atoms with van der Waals surface area (Å²) in [5, 5.41) is 8.36. The monoisotopic (exact) mass is 262 g/mol. The van der Waals surface area contributed by atoms with Crippen LogP contribution in [0.2, 0.25) is 0 Å². The number of aliphatic carboxylic acids is 1. The highest BCUT2D eigenvalue weighted by molar-refractivity contribution is 5.85. The molecule has 1 aromatic rings. The maximum atomic E-state index is 10.2. The van der Waals surface area contributed by atoms with Crippen LogP contribution in [-0.4, -0.2) is 24.0 Å². The lowest BCUT2D eigenvalue weighted by molar-refractivity contribution is -0.131. The van der Waals surface area contributed by atoms with E-state index in [1.807, 2.05) is 0 Å². The lowest BCUT2D eigenvalue weighted by atomic mass is 10.2. The zero-order valence-electron chi connectivity index (χ0n) is 11.0. The van der Waals surface area contributed by atoms with Crippen LogP contribution in [0.3, 0.4) is 0 Å². The number of carboxylic acids is 1. The molecule has 0 saturated heterocycles. The molecule has 0 amide bonds. The average molecular weight is 262 g/mol. The Bertz CT molecular complexity index is 438. The molecule has 4 heteroatoms. The Kier molecular flexibility index (Phi) is 6.36. The Morgan fingerprint density at radius 3 is 2.16 bits per heavy atom.